The van der Waals surface area contributed by atoms with Gasteiger partial charge in [-0.25, -0.2) is 0 Å². The van der Waals surface area contributed by atoms with Crippen molar-refractivity contribution in [2.75, 3.05) is 0 Å². The molecule has 32 heavy (non-hydrogen) atoms. The van der Waals surface area contributed by atoms with Crippen molar-refractivity contribution in [3.8, 4) is 5.75 Å². The summed E-state index contributed by atoms with van der Waals surface area (Å²) in [5.74, 6) is -0.298. The summed E-state index contributed by atoms with van der Waals surface area (Å²) in [6.45, 7) is 6.87. The van der Waals surface area contributed by atoms with Crippen molar-refractivity contribution >= 4 is 40.6 Å². The summed E-state index contributed by atoms with van der Waals surface area (Å²) >= 11 is 3.10. The fourth-order valence-electron chi connectivity index (χ4n) is 4.01. The van der Waals surface area contributed by atoms with E-state index in [9.17, 15) is 5.11 Å². The van der Waals surface area contributed by atoms with E-state index in [0.717, 1.165) is 19.5 Å². The van der Waals surface area contributed by atoms with E-state index in [1.807, 2.05) is 13.8 Å². The third kappa shape index (κ3) is 10.6. The first-order valence-electron chi connectivity index (χ1n) is 12.8. The van der Waals surface area contributed by atoms with Crippen molar-refractivity contribution in [1.29, 1.82) is 0 Å². The Morgan fingerprint density at radius 1 is 0.812 bits per heavy atom. The molecule has 2 rings (SSSR count). The Kier molecular flexibility index (Phi) is 14.1. The molecule has 1 aromatic heterocycles. The molecule has 1 aromatic rings. The molecule has 0 unspecified atom stereocenters. The van der Waals surface area contributed by atoms with Gasteiger partial charge < -0.3 is 0 Å². The fourth-order valence-corrected chi connectivity index (χ4v) is 7.64. The Labute approximate surface area is 214 Å². The van der Waals surface area contributed by atoms with Crippen LogP contribution >= 0.6 is 15.9 Å². The first-order valence-corrected chi connectivity index (χ1v) is 16.4. The monoisotopic (exact) mass is 627 g/mol. The molecule has 0 fully saturated rings. The molecule has 0 radical (unpaired) electrons. The molecule has 0 spiro atoms. The van der Waals surface area contributed by atoms with Crippen LogP contribution in [0.25, 0.3) is 0 Å². The minimum absolute atomic E-state index is 0.345. The molecule has 1 N–H and O–H groups in total. The number of aromatic hydroxyl groups is 1. The van der Waals surface area contributed by atoms with E-state index in [-0.39, 0.29) is 0 Å². The Morgan fingerprint density at radius 3 is 1.81 bits per heavy atom. The minimum atomic E-state index is -0.643. The SMILES string of the molecule is CCCCCCCCCCCCCCCC[Te]c1nc(Br)c2c(c1O)COC(C)(C)OC2. The summed E-state index contributed by atoms with van der Waals surface area (Å²) in [5, 5.41) is 10.8. The first-order chi connectivity index (χ1) is 15.4. The average molecular weight is 626 g/mol. The number of hydrogen-bond acceptors (Lipinski definition) is 4. The molecular weight excluding hydrogens is 582 g/mol. The molecule has 0 aliphatic carbocycles. The second kappa shape index (κ2) is 15.9. The third-order valence-corrected chi connectivity index (χ3v) is 9.82. The Morgan fingerprint density at radius 2 is 1.28 bits per heavy atom. The van der Waals surface area contributed by atoms with Gasteiger partial charge in [0.25, 0.3) is 0 Å². The van der Waals surface area contributed by atoms with Crippen LogP contribution in [0.15, 0.2) is 4.60 Å². The molecule has 4 nitrogen and oxygen atoms in total. The second-order valence-electron chi connectivity index (χ2n) is 9.44. The predicted molar refractivity (Wildman–Crippen MR) is 138 cm³/mol. The van der Waals surface area contributed by atoms with E-state index in [1.165, 1.54) is 94.4 Å². The van der Waals surface area contributed by atoms with E-state index in [1.54, 1.807) is 0 Å². The normalized spacial score (nSPS) is 15.5. The van der Waals surface area contributed by atoms with Gasteiger partial charge in [0.1, 0.15) is 0 Å². The standard InChI is InChI=1S/C26H44BrNO3Te/c1-4-5-6-7-8-9-10-11-12-13-14-15-16-17-18-32-25-23(29)21-19-30-26(2,3)31-20-22(21)24(27)28-25/h29H,4-20H2,1-3H3. The van der Waals surface area contributed by atoms with Gasteiger partial charge in [0.15, 0.2) is 0 Å². The van der Waals surface area contributed by atoms with Crippen LogP contribution in [0, 0.1) is 0 Å². The molecule has 1 aliphatic rings. The van der Waals surface area contributed by atoms with E-state index in [2.05, 4.69) is 27.8 Å². The van der Waals surface area contributed by atoms with Crippen molar-refractivity contribution in [3.63, 3.8) is 0 Å². The Bertz CT molecular complexity index is 669. The van der Waals surface area contributed by atoms with E-state index in [0.29, 0.717) is 19.0 Å². The van der Waals surface area contributed by atoms with Crippen LogP contribution in [0.5, 0.6) is 5.75 Å². The van der Waals surface area contributed by atoms with Crippen molar-refractivity contribution in [2.24, 2.45) is 0 Å². The van der Waals surface area contributed by atoms with Crippen LogP contribution in [0.1, 0.15) is 122 Å². The number of hydrogen-bond donors (Lipinski definition) is 1. The second-order valence-corrected chi connectivity index (χ2v) is 13.3. The van der Waals surface area contributed by atoms with Gasteiger partial charge in [0.2, 0.25) is 0 Å². The van der Waals surface area contributed by atoms with Crippen LogP contribution in [0.2, 0.25) is 4.47 Å². The van der Waals surface area contributed by atoms with E-state index in [4.69, 9.17) is 9.47 Å². The molecule has 0 aromatic carbocycles. The maximum absolute atomic E-state index is 10.8. The molecule has 0 bridgehead atoms. The van der Waals surface area contributed by atoms with Gasteiger partial charge >= 0.3 is 190 Å². The van der Waals surface area contributed by atoms with Gasteiger partial charge in [-0.1, -0.05) is 26.2 Å². The summed E-state index contributed by atoms with van der Waals surface area (Å²) in [6.07, 6.45) is 19.4. The summed E-state index contributed by atoms with van der Waals surface area (Å²) in [4.78, 5) is 4.67. The number of pyridine rings is 1. The molecule has 0 saturated carbocycles. The molecule has 0 atom stereocenters. The number of fused-ring (bicyclic) bond motifs is 1. The zero-order valence-electron chi connectivity index (χ0n) is 20.5. The molecule has 0 amide bonds. The van der Waals surface area contributed by atoms with Gasteiger partial charge in [-0.15, -0.1) is 0 Å². The van der Waals surface area contributed by atoms with Gasteiger partial charge in [-0.2, -0.15) is 0 Å². The van der Waals surface area contributed by atoms with E-state index < -0.39 is 26.7 Å². The van der Waals surface area contributed by atoms with Crippen LogP contribution in [-0.2, 0) is 22.7 Å². The number of ether oxygens (including phenoxy) is 2. The number of aromatic nitrogens is 1. The number of rotatable bonds is 16. The van der Waals surface area contributed by atoms with Crippen LogP contribution in [-0.4, -0.2) is 36.8 Å². The third-order valence-electron chi connectivity index (χ3n) is 6.17. The summed E-state index contributed by atoms with van der Waals surface area (Å²) in [6, 6.07) is 0. The van der Waals surface area contributed by atoms with Crippen LogP contribution in [0.3, 0.4) is 0 Å². The van der Waals surface area contributed by atoms with Crippen molar-refractivity contribution < 1.29 is 14.6 Å². The van der Waals surface area contributed by atoms with Gasteiger partial charge in [0.05, 0.1) is 0 Å². The van der Waals surface area contributed by atoms with Crippen LogP contribution < -0.4 is 3.74 Å². The Balaban J connectivity index is 1.55. The first kappa shape index (κ1) is 28.4. The average Bonchev–Trinajstić information content (AvgIpc) is 2.93. The molecule has 2 heterocycles. The molecule has 6 heteroatoms. The van der Waals surface area contributed by atoms with Gasteiger partial charge in [-0.05, 0) is 0 Å². The zero-order chi connectivity index (χ0) is 23.2. The summed E-state index contributed by atoms with van der Waals surface area (Å²) < 4.78 is 14.5. The summed E-state index contributed by atoms with van der Waals surface area (Å²) in [5.41, 5.74) is 1.76. The van der Waals surface area contributed by atoms with Crippen LogP contribution in [0.4, 0.5) is 0 Å². The van der Waals surface area contributed by atoms with Gasteiger partial charge in [0, 0.05) is 0 Å². The van der Waals surface area contributed by atoms with Gasteiger partial charge in [-0.3, -0.25) is 0 Å². The number of unbranched alkanes of at least 4 members (excludes halogenated alkanes) is 13. The number of nitrogens with zero attached hydrogens (tertiary/aromatic N) is 1. The van der Waals surface area contributed by atoms with Crippen molar-refractivity contribution in [3.05, 3.63) is 15.7 Å². The maximum atomic E-state index is 10.8. The number of halogens is 1. The van der Waals surface area contributed by atoms with Crippen molar-refractivity contribution in [1.82, 2.24) is 4.98 Å². The van der Waals surface area contributed by atoms with E-state index >= 15 is 0 Å². The molecular formula is C26H44BrNO3Te. The quantitative estimate of drug-likeness (QED) is 0.117. The molecule has 184 valence electrons. The Hall–Kier alpha value is 0.140. The summed E-state index contributed by atoms with van der Waals surface area (Å²) in [7, 11) is 0. The molecule has 1 aliphatic heterocycles. The molecule has 0 saturated heterocycles. The topological polar surface area (TPSA) is 51.6 Å². The zero-order valence-corrected chi connectivity index (χ0v) is 24.4. The van der Waals surface area contributed by atoms with Crippen molar-refractivity contribution in [2.45, 2.75) is 134 Å². The fraction of sp³-hybridized carbons (Fsp3) is 0.808. The predicted octanol–water partition coefficient (Wildman–Crippen LogP) is 7.56.